The van der Waals surface area contributed by atoms with Crippen LogP contribution in [0.4, 0.5) is 5.82 Å². The summed E-state index contributed by atoms with van der Waals surface area (Å²) in [6, 6.07) is 10.8. The zero-order chi connectivity index (χ0) is 17.8. The highest BCUT2D eigenvalue weighted by molar-refractivity contribution is 7.98. The van der Waals surface area contributed by atoms with Crippen molar-refractivity contribution < 1.29 is 9.21 Å². The van der Waals surface area contributed by atoms with Crippen LogP contribution in [-0.4, -0.2) is 20.9 Å². The summed E-state index contributed by atoms with van der Waals surface area (Å²) in [5.41, 5.74) is 2.70. The number of pyridine rings is 1. The molecule has 0 saturated heterocycles. The molecule has 6 nitrogen and oxygen atoms in total. The summed E-state index contributed by atoms with van der Waals surface area (Å²) in [4.78, 5) is 25.2. The fourth-order valence-corrected chi connectivity index (χ4v) is 3.11. The Morgan fingerprint density at radius 1 is 1.04 bits per heavy atom. The van der Waals surface area contributed by atoms with Crippen molar-refractivity contribution in [2.75, 3.05) is 5.32 Å². The fraction of sp³-hybridized carbons (Fsp3) is 0.222. The molecule has 0 unspecified atom stereocenters. The van der Waals surface area contributed by atoms with Gasteiger partial charge in [0.15, 0.2) is 10.9 Å². The fourth-order valence-electron chi connectivity index (χ4n) is 2.26. The number of nitrogens with one attached hydrogen (secondary N) is 1. The number of carbonyl (C=O) groups excluding carboxylic acids is 1. The molecule has 0 saturated carbocycles. The van der Waals surface area contributed by atoms with Gasteiger partial charge in [-0.15, -0.1) is 0 Å². The second kappa shape index (κ2) is 7.48. The van der Waals surface area contributed by atoms with E-state index in [0.717, 1.165) is 17.1 Å². The van der Waals surface area contributed by atoms with E-state index in [1.54, 1.807) is 18.2 Å². The van der Waals surface area contributed by atoms with Gasteiger partial charge in [-0.1, -0.05) is 17.8 Å². The van der Waals surface area contributed by atoms with Crippen molar-refractivity contribution in [2.45, 2.75) is 31.7 Å². The molecule has 0 aliphatic carbocycles. The molecule has 0 aliphatic rings. The van der Waals surface area contributed by atoms with Crippen molar-refractivity contribution in [3.05, 3.63) is 65.0 Å². The number of furan rings is 1. The first kappa shape index (κ1) is 17.2. The maximum absolute atomic E-state index is 12.2. The zero-order valence-electron chi connectivity index (χ0n) is 14.2. The van der Waals surface area contributed by atoms with E-state index in [4.69, 9.17) is 4.42 Å². The lowest BCUT2D eigenvalue weighted by Gasteiger charge is -2.03. The highest BCUT2D eigenvalue weighted by Gasteiger charge is 2.13. The monoisotopic (exact) mass is 354 g/mol. The summed E-state index contributed by atoms with van der Waals surface area (Å²) in [5.74, 6) is 1.67. The van der Waals surface area contributed by atoms with Crippen molar-refractivity contribution >= 4 is 23.5 Å². The lowest BCUT2D eigenvalue weighted by Crippen LogP contribution is -2.12. The van der Waals surface area contributed by atoms with E-state index in [0.29, 0.717) is 22.5 Å². The van der Waals surface area contributed by atoms with Gasteiger partial charge in [-0.05, 0) is 51.1 Å². The predicted molar refractivity (Wildman–Crippen MR) is 96.7 cm³/mol. The number of rotatable bonds is 5. The number of thioether (sulfide) groups is 1. The molecule has 0 aliphatic heterocycles. The predicted octanol–water partition coefficient (Wildman–Crippen LogP) is 3.93. The minimum Gasteiger partial charge on any atom is -0.455 e. The summed E-state index contributed by atoms with van der Waals surface area (Å²) in [6.07, 6.45) is 0. The van der Waals surface area contributed by atoms with Crippen LogP contribution < -0.4 is 5.32 Å². The van der Waals surface area contributed by atoms with E-state index in [9.17, 15) is 4.79 Å². The normalized spacial score (nSPS) is 10.7. The Morgan fingerprint density at radius 3 is 2.52 bits per heavy atom. The van der Waals surface area contributed by atoms with Crippen molar-refractivity contribution in [3.63, 3.8) is 0 Å². The quantitative estimate of drug-likeness (QED) is 0.552. The SMILES string of the molecule is Cc1cccc(NC(=O)c2ccc(CSc3nc(C)cc(C)n3)o2)n1. The third kappa shape index (κ3) is 4.67. The minimum absolute atomic E-state index is 0.250. The van der Waals surface area contributed by atoms with Gasteiger partial charge in [-0.25, -0.2) is 15.0 Å². The molecule has 1 N–H and O–H groups in total. The van der Waals surface area contributed by atoms with Gasteiger partial charge in [0.25, 0.3) is 5.91 Å². The second-order valence-electron chi connectivity index (χ2n) is 5.61. The number of aryl methyl sites for hydroxylation is 3. The van der Waals surface area contributed by atoms with E-state index in [1.807, 2.05) is 39.0 Å². The van der Waals surface area contributed by atoms with Crippen LogP contribution in [0.15, 0.2) is 46.0 Å². The molecule has 3 aromatic rings. The smallest absolute Gasteiger partial charge is 0.292 e. The topological polar surface area (TPSA) is 80.9 Å². The first-order valence-electron chi connectivity index (χ1n) is 7.78. The maximum atomic E-state index is 12.2. The van der Waals surface area contributed by atoms with Crippen LogP contribution in [0.2, 0.25) is 0 Å². The van der Waals surface area contributed by atoms with Gasteiger partial charge >= 0.3 is 0 Å². The molecule has 128 valence electrons. The molecule has 3 rings (SSSR count). The third-order valence-electron chi connectivity index (χ3n) is 3.32. The van der Waals surface area contributed by atoms with Gasteiger partial charge in [0.2, 0.25) is 0 Å². The molecule has 0 bridgehead atoms. The van der Waals surface area contributed by atoms with Gasteiger partial charge in [0.05, 0.1) is 5.75 Å². The van der Waals surface area contributed by atoms with E-state index < -0.39 is 0 Å². The summed E-state index contributed by atoms with van der Waals surface area (Å²) in [5, 5.41) is 3.42. The Labute approximate surface area is 150 Å². The standard InChI is InChI=1S/C18H18N4O2S/c1-11-5-4-6-16(19-11)22-17(23)15-8-7-14(24-15)10-25-18-20-12(2)9-13(3)21-18/h4-9H,10H2,1-3H3,(H,19,22,23). The molecule has 3 heterocycles. The van der Waals surface area contributed by atoms with Gasteiger partial charge in [0.1, 0.15) is 11.6 Å². The molecule has 0 spiro atoms. The maximum Gasteiger partial charge on any atom is 0.292 e. The summed E-state index contributed by atoms with van der Waals surface area (Å²) >= 11 is 1.47. The molecule has 25 heavy (non-hydrogen) atoms. The molecule has 0 radical (unpaired) electrons. The number of carbonyl (C=O) groups is 1. The van der Waals surface area contributed by atoms with Crippen LogP contribution in [0, 0.1) is 20.8 Å². The van der Waals surface area contributed by atoms with Gasteiger partial charge in [-0.3, -0.25) is 4.79 Å². The number of anilines is 1. The molecule has 0 fully saturated rings. The average Bonchev–Trinajstić information content (AvgIpc) is 3.01. The van der Waals surface area contributed by atoms with Gasteiger partial charge < -0.3 is 9.73 Å². The largest absolute Gasteiger partial charge is 0.455 e. The van der Waals surface area contributed by atoms with E-state index in [-0.39, 0.29) is 11.7 Å². The Balaban J connectivity index is 1.62. The lowest BCUT2D eigenvalue weighted by atomic mass is 10.3. The van der Waals surface area contributed by atoms with Gasteiger partial charge in [0, 0.05) is 17.1 Å². The van der Waals surface area contributed by atoms with Crippen molar-refractivity contribution in [1.29, 1.82) is 0 Å². The molecular weight excluding hydrogens is 336 g/mol. The van der Waals surface area contributed by atoms with Crippen LogP contribution >= 0.6 is 11.8 Å². The first-order valence-corrected chi connectivity index (χ1v) is 8.77. The molecule has 0 atom stereocenters. The molecular formula is C18H18N4O2S. The van der Waals surface area contributed by atoms with E-state index >= 15 is 0 Å². The number of hydrogen-bond acceptors (Lipinski definition) is 6. The van der Waals surface area contributed by atoms with Crippen LogP contribution in [0.3, 0.4) is 0 Å². The average molecular weight is 354 g/mol. The Bertz CT molecular complexity index is 887. The Morgan fingerprint density at radius 2 is 1.80 bits per heavy atom. The molecule has 7 heteroatoms. The van der Waals surface area contributed by atoms with Crippen LogP contribution in [0.5, 0.6) is 0 Å². The lowest BCUT2D eigenvalue weighted by molar-refractivity contribution is 0.0995. The first-order chi connectivity index (χ1) is 12.0. The highest BCUT2D eigenvalue weighted by atomic mass is 32.2. The van der Waals surface area contributed by atoms with E-state index in [2.05, 4.69) is 20.3 Å². The summed E-state index contributed by atoms with van der Waals surface area (Å²) in [7, 11) is 0. The molecule has 0 aromatic carbocycles. The van der Waals surface area contributed by atoms with Crippen LogP contribution in [0.25, 0.3) is 0 Å². The number of nitrogens with zero attached hydrogens (tertiary/aromatic N) is 3. The zero-order valence-corrected chi connectivity index (χ0v) is 15.1. The second-order valence-corrected chi connectivity index (χ2v) is 6.55. The van der Waals surface area contributed by atoms with Crippen LogP contribution in [0.1, 0.15) is 33.4 Å². The van der Waals surface area contributed by atoms with Crippen molar-refractivity contribution in [1.82, 2.24) is 15.0 Å². The van der Waals surface area contributed by atoms with E-state index in [1.165, 1.54) is 11.8 Å². The molecule has 3 aromatic heterocycles. The minimum atomic E-state index is -0.322. The van der Waals surface area contributed by atoms with Crippen LogP contribution in [-0.2, 0) is 5.75 Å². The number of hydrogen-bond donors (Lipinski definition) is 1. The Kier molecular flexibility index (Phi) is 5.14. The summed E-state index contributed by atoms with van der Waals surface area (Å²) < 4.78 is 5.61. The third-order valence-corrected chi connectivity index (χ3v) is 4.19. The van der Waals surface area contributed by atoms with Crippen molar-refractivity contribution in [3.8, 4) is 0 Å². The summed E-state index contributed by atoms with van der Waals surface area (Å²) in [6.45, 7) is 5.74. The molecule has 1 amide bonds. The van der Waals surface area contributed by atoms with Gasteiger partial charge in [-0.2, -0.15) is 0 Å². The Hall–Kier alpha value is -2.67. The van der Waals surface area contributed by atoms with Crippen molar-refractivity contribution in [2.24, 2.45) is 0 Å². The highest BCUT2D eigenvalue weighted by Crippen LogP contribution is 2.21. The number of amides is 1. The number of aromatic nitrogens is 3.